The largest absolute Gasteiger partial charge is 0.343 e. The number of carbonyl (C=O) groups excluding carboxylic acids is 1. The molecule has 0 unspecified atom stereocenters. The molecule has 1 aromatic carbocycles. The van der Waals surface area contributed by atoms with Gasteiger partial charge in [0, 0.05) is 6.54 Å². The van der Waals surface area contributed by atoms with Gasteiger partial charge in [-0.05, 0) is 5.56 Å². The van der Waals surface area contributed by atoms with E-state index in [4.69, 9.17) is 5.84 Å². The summed E-state index contributed by atoms with van der Waals surface area (Å²) < 4.78 is 0. The average molecular weight is 180 g/mol. The van der Waals surface area contributed by atoms with Gasteiger partial charge in [0.15, 0.2) is 0 Å². The molecule has 0 fully saturated rings. The molecule has 1 aromatic rings. The van der Waals surface area contributed by atoms with Crippen molar-refractivity contribution >= 4 is 6.03 Å². The molecule has 0 spiro atoms. The Kier molecular flexibility index (Phi) is 3.74. The van der Waals surface area contributed by atoms with Crippen molar-refractivity contribution in [2.24, 2.45) is 5.84 Å². The van der Waals surface area contributed by atoms with Crippen LogP contribution in [0.1, 0.15) is 5.56 Å². The quantitative estimate of drug-likeness (QED) is 0.297. The van der Waals surface area contributed by atoms with Gasteiger partial charge in [-0.1, -0.05) is 30.3 Å². The second kappa shape index (κ2) is 5.13. The average Bonchev–Trinajstić information content (AvgIpc) is 2.19. The van der Waals surface area contributed by atoms with E-state index in [0.717, 1.165) is 5.56 Å². The zero-order valence-corrected chi connectivity index (χ0v) is 7.08. The van der Waals surface area contributed by atoms with Crippen molar-refractivity contribution in [3.05, 3.63) is 35.9 Å². The second-order valence-electron chi connectivity index (χ2n) is 2.44. The Balaban J connectivity index is 2.24. The molecule has 0 aromatic heterocycles. The van der Waals surface area contributed by atoms with E-state index >= 15 is 0 Å². The zero-order chi connectivity index (χ0) is 9.52. The van der Waals surface area contributed by atoms with Gasteiger partial charge in [0.1, 0.15) is 0 Å². The first kappa shape index (κ1) is 9.50. The molecular weight excluding hydrogens is 168 g/mol. The number of hydrogen-bond donors (Lipinski definition) is 4. The Morgan fingerprint density at radius 2 is 2.00 bits per heavy atom. The summed E-state index contributed by atoms with van der Waals surface area (Å²) in [6.45, 7) is 0.564. The third-order valence-corrected chi connectivity index (χ3v) is 1.47. The van der Waals surface area contributed by atoms with E-state index in [1.807, 2.05) is 35.8 Å². The lowest BCUT2D eigenvalue weighted by Gasteiger charge is -2.05. The van der Waals surface area contributed by atoms with Crippen LogP contribution in [0, 0.1) is 0 Å². The Morgan fingerprint density at radius 3 is 2.62 bits per heavy atom. The van der Waals surface area contributed by atoms with Gasteiger partial charge in [0.05, 0.1) is 0 Å². The summed E-state index contributed by atoms with van der Waals surface area (Å²) in [5.41, 5.74) is 8.09. The van der Waals surface area contributed by atoms with Crippen LogP contribution >= 0.6 is 0 Å². The highest BCUT2D eigenvalue weighted by molar-refractivity contribution is 5.72. The van der Waals surface area contributed by atoms with Crippen molar-refractivity contribution in [2.75, 3.05) is 0 Å². The summed E-state index contributed by atoms with van der Waals surface area (Å²) in [6, 6.07) is 9.24. The molecular formula is C8H12N4O. The normalized spacial score (nSPS) is 9.31. The maximum atomic E-state index is 10.6. The molecule has 0 radical (unpaired) electrons. The summed E-state index contributed by atoms with van der Waals surface area (Å²) in [6.07, 6.45) is 0. The van der Waals surface area contributed by atoms with Gasteiger partial charge in [0.2, 0.25) is 0 Å². The number of hydrazine groups is 2. The zero-order valence-electron chi connectivity index (χ0n) is 7.08. The molecule has 1 rings (SSSR count). The molecule has 0 saturated carbocycles. The lowest BCUT2D eigenvalue weighted by molar-refractivity contribution is 0.236. The minimum atomic E-state index is -0.462. The fraction of sp³-hybridized carbons (Fsp3) is 0.125. The molecule has 0 aliphatic heterocycles. The van der Waals surface area contributed by atoms with Gasteiger partial charge in [-0.25, -0.2) is 16.1 Å². The third kappa shape index (κ3) is 3.55. The highest BCUT2D eigenvalue weighted by atomic mass is 16.2. The van der Waals surface area contributed by atoms with Crippen molar-refractivity contribution in [2.45, 2.75) is 6.54 Å². The van der Waals surface area contributed by atoms with E-state index in [1.54, 1.807) is 0 Å². The van der Waals surface area contributed by atoms with E-state index in [-0.39, 0.29) is 0 Å². The van der Waals surface area contributed by atoms with Gasteiger partial charge < -0.3 is 0 Å². The van der Waals surface area contributed by atoms with Crippen LogP contribution in [0.3, 0.4) is 0 Å². The van der Waals surface area contributed by atoms with Crippen molar-refractivity contribution in [3.63, 3.8) is 0 Å². The summed E-state index contributed by atoms with van der Waals surface area (Å²) in [5.74, 6) is 4.85. The standard InChI is InChI=1S/C8H12N4O/c9-11-8(13)12-10-6-7-4-2-1-3-5-7/h1-5,10H,6,9H2,(H2,11,12,13). The Hall–Kier alpha value is -1.59. The van der Waals surface area contributed by atoms with Gasteiger partial charge in [0.25, 0.3) is 0 Å². The van der Waals surface area contributed by atoms with Gasteiger partial charge in [-0.2, -0.15) is 0 Å². The second-order valence-corrected chi connectivity index (χ2v) is 2.44. The first-order valence-corrected chi connectivity index (χ1v) is 3.86. The SMILES string of the molecule is NNC(=O)NNCc1ccccc1. The van der Waals surface area contributed by atoms with Crippen LogP contribution in [0.25, 0.3) is 0 Å². The predicted molar refractivity (Wildman–Crippen MR) is 49.1 cm³/mol. The summed E-state index contributed by atoms with van der Waals surface area (Å²) in [7, 11) is 0. The van der Waals surface area contributed by atoms with Crippen molar-refractivity contribution in [3.8, 4) is 0 Å². The highest BCUT2D eigenvalue weighted by Gasteiger charge is 1.93. The van der Waals surface area contributed by atoms with E-state index in [2.05, 4.69) is 10.9 Å². The molecule has 2 amide bonds. The van der Waals surface area contributed by atoms with Gasteiger partial charge in [-0.15, -0.1) is 0 Å². The van der Waals surface area contributed by atoms with Crippen LogP contribution in [-0.2, 0) is 6.54 Å². The number of rotatable bonds is 3. The minimum Gasteiger partial charge on any atom is -0.275 e. The number of hydrogen-bond acceptors (Lipinski definition) is 3. The molecule has 0 atom stereocenters. The number of urea groups is 1. The van der Waals surface area contributed by atoms with E-state index in [0.29, 0.717) is 6.54 Å². The number of carbonyl (C=O) groups is 1. The molecule has 0 bridgehead atoms. The highest BCUT2D eigenvalue weighted by Crippen LogP contribution is 1.95. The van der Waals surface area contributed by atoms with Crippen LogP contribution in [0.15, 0.2) is 30.3 Å². The number of nitrogens with two attached hydrogens (primary N) is 1. The van der Waals surface area contributed by atoms with Crippen LogP contribution < -0.4 is 22.1 Å². The van der Waals surface area contributed by atoms with E-state index in [9.17, 15) is 4.79 Å². The third-order valence-electron chi connectivity index (χ3n) is 1.47. The maximum Gasteiger partial charge on any atom is 0.343 e. The number of nitrogens with one attached hydrogen (secondary N) is 3. The molecule has 5 heteroatoms. The van der Waals surface area contributed by atoms with Crippen molar-refractivity contribution < 1.29 is 4.79 Å². The van der Waals surface area contributed by atoms with Crippen LogP contribution in [0.4, 0.5) is 4.79 Å². The molecule has 5 N–H and O–H groups in total. The molecule has 0 heterocycles. The summed E-state index contributed by atoms with van der Waals surface area (Å²) in [4.78, 5) is 10.6. The fourth-order valence-corrected chi connectivity index (χ4v) is 0.858. The van der Waals surface area contributed by atoms with Crippen LogP contribution in [0.5, 0.6) is 0 Å². The molecule has 0 aliphatic rings. The molecule has 0 aliphatic carbocycles. The molecule has 0 saturated heterocycles. The Labute approximate surface area is 76.3 Å². The van der Waals surface area contributed by atoms with E-state index < -0.39 is 6.03 Å². The summed E-state index contributed by atoms with van der Waals surface area (Å²) in [5, 5.41) is 0. The lowest BCUT2D eigenvalue weighted by Crippen LogP contribution is -2.46. The van der Waals surface area contributed by atoms with Crippen molar-refractivity contribution in [1.29, 1.82) is 0 Å². The molecule has 70 valence electrons. The monoisotopic (exact) mass is 180 g/mol. The Morgan fingerprint density at radius 1 is 1.31 bits per heavy atom. The van der Waals surface area contributed by atoms with Crippen LogP contribution in [0.2, 0.25) is 0 Å². The predicted octanol–water partition coefficient (Wildman–Crippen LogP) is -0.136. The lowest BCUT2D eigenvalue weighted by atomic mass is 10.2. The smallest absolute Gasteiger partial charge is 0.275 e. The number of benzene rings is 1. The Bertz CT molecular complexity index is 262. The summed E-state index contributed by atoms with van der Waals surface area (Å²) >= 11 is 0. The van der Waals surface area contributed by atoms with Crippen molar-refractivity contribution in [1.82, 2.24) is 16.3 Å². The van der Waals surface area contributed by atoms with Crippen LogP contribution in [-0.4, -0.2) is 6.03 Å². The molecule has 13 heavy (non-hydrogen) atoms. The number of amides is 2. The van der Waals surface area contributed by atoms with Gasteiger partial charge >= 0.3 is 6.03 Å². The maximum absolute atomic E-state index is 10.6. The topological polar surface area (TPSA) is 79.2 Å². The first-order chi connectivity index (χ1) is 6.33. The first-order valence-electron chi connectivity index (χ1n) is 3.86. The minimum absolute atomic E-state index is 0.462. The van der Waals surface area contributed by atoms with E-state index in [1.165, 1.54) is 0 Å². The van der Waals surface area contributed by atoms with Gasteiger partial charge in [-0.3, -0.25) is 10.9 Å². The molecule has 5 nitrogen and oxygen atoms in total. The fourth-order valence-electron chi connectivity index (χ4n) is 0.858.